The van der Waals surface area contributed by atoms with Crippen molar-refractivity contribution in [3.05, 3.63) is 35.4 Å². The first-order valence-corrected chi connectivity index (χ1v) is 5.82. The van der Waals surface area contributed by atoms with E-state index in [-0.39, 0.29) is 11.4 Å². The molecule has 0 fully saturated rings. The second-order valence-corrected chi connectivity index (χ2v) is 4.97. The minimum Gasteiger partial charge on any atom is -0.326 e. The fraction of sp³-hybridized carbons (Fsp3) is 0.538. The Bertz CT molecular complexity index is 359. The number of nitrogens with one attached hydrogen (secondary N) is 1. The van der Waals surface area contributed by atoms with Crippen LogP contribution in [-0.4, -0.2) is 18.6 Å². The van der Waals surface area contributed by atoms with Crippen LogP contribution in [0, 0.1) is 11.6 Å². The average Bonchev–Trinajstić information content (AvgIpc) is 2.21. The highest BCUT2D eigenvalue weighted by Crippen LogP contribution is 2.09. The zero-order valence-electron chi connectivity index (χ0n) is 10.4. The molecule has 0 bridgehead atoms. The summed E-state index contributed by atoms with van der Waals surface area (Å²) in [4.78, 5) is 0. The third kappa shape index (κ3) is 5.75. The molecule has 0 saturated heterocycles. The molecule has 0 aliphatic heterocycles. The van der Waals surface area contributed by atoms with Crippen molar-refractivity contribution in [2.24, 2.45) is 5.73 Å². The molecule has 0 aliphatic carbocycles. The summed E-state index contributed by atoms with van der Waals surface area (Å²) in [6.45, 7) is 5.32. The third-order valence-electron chi connectivity index (χ3n) is 2.52. The van der Waals surface area contributed by atoms with E-state index in [9.17, 15) is 8.78 Å². The van der Waals surface area contributed by atoms with E-state index >= 15 is 0 Å². The van der Waals surface area contributed by atoms with Crippen molar-refractivity contribution < 1.29 is 8.78 Å². The van der Waals surface area contributed by atoms with Crippen molar-refractivity contribution in [3.8, 4) is 0 Å². The van der Waals surface area contributed by atoms with Gasteiger partial charge in [-0.3, -0.25) is 0 Å². The van der Waals surface area contributed by atoms with E-state index in [0.717, 1.165) is 25.1 Å². The van der Waals surface area contributed by atoms with Gasteiger partial charge in [0.1, 0.15) is 11.6 Å². The lowest BCUT2D eigenvalue weighted by molar-refractivity contribution is 0.455. The Morgan fingerprint density at radius 2 is 1.94 bits per heavy atom. The van der Waals surface area contributed by atoms with Crippen LogP contribution in [0.5, 0.6) is 0 Å². The average molecular weight is 242 g/mol. The van der Waals surface area contributed by atoms with Crippen molar-refractivity contribution in [1.29, 1.82) is 0 Å². The quantitative estimate of drug-likeness (QED) is 0.751. The molecule has 0 aromatic heterocycles. The molecule has 0 heterocycles. The van der Waals surface area contributed by atoms with Gasteiger partial charge in [0.25, 0.3) is 0 Å². The molecular weight excluding hydrogens is 222 g/mol. The number of nitrogens with two attached hydrogens (primary N) is 1. The summed E-state index contributed by atoms with van der Waals surface area (Å²) in [5.41, 5.74) is 6.03. The van der Waals surface area contributed by atoms with E-state index < -0.39 is 5.82 Å². The summed E-state index contributed by atoms with van der Waals surface area (Å²) >= 11 is 0. The lowest BCUT2D eigenvalue weighted by atomic mass is 10.0. The summed E-state index contributed by atoms with van der Waals surface area (Å²) in [6.07, 6.45) is 1.33. The summed E-state index contributed by atoms with van der Waals surface area (Å²) < 4.78 is 26.1. The van der Waals surface area contributed by atoms with Crippen molar-refractivity contribution in [3.63, 3.8) is 0 Å². The topological polar surface area (TPSA) is 38.0 Å². The van der Waals surface area contributed by atoms with Crippen molar-refractivity contribution in [2.45, 2.75) is 32.2 Å². The predicted molar refractivity (Wildman–Crippen MR) is 65.8 cm³/mol. The van der Waals surface area contributed by atoms with Crippen molar-refractivity contribution in [1.82, 2.24) is 5.32 Å². The van der Waals surface area contributed by atoms with Crippen LogP contribution in [0.3, 0.4) is 0 Å². The number of halogens is 2. The van der Waals surface area contributed by atoms with Gasteiger partial charge in [0.2, 0.25) is 0 Å². The van der Waals surface area contributed by atoms with Crippen LogP contribution in [0.1, 0.15) is 25.8 Å². The van der Waals surface area contributed by atoms with Crippen LogP contribution in [0.4, 0.5) is 8.78 Å². The van der Waals surface area contributed by atoms with Gasteiger partial charge in [0.05, 0.1) is 0 Å². The Morgan fingerprint density at radius 3 is 2.59 bits per heavy atom. The molecule has 96 valence electrons. The molecule has 0 amide bonds. The van der Waals surface area contributed by atoms with Crippen LogP contribution >= 0.6 is 0 Å². The van der Waals surface area contributed by atoms with E-state index in [1.54, 1.807) is 0 Å². The lowest BCUT2D eigenvalue weighted by Gasteiger charge is -2.18. The molecule has 4 heteroatoms. The number of benzene rings is 1. The molecule has 2 nitrogen and oxygen atoms in total. The molecular formula is C13H20F2N2. The number of hydrogen-bond acceptors (Lipinski definition) is 2. The van der Waals surface area contributed by atoms with Gasteiger partial charge in [-0.15, -0.1) is 0 Å². The molecule has 17 heavy (non-hydrogen) atoms. The molecule has 0 spiro atoms. The second-order valence-electron chi connectivity index (χ2n) is 4.97. The normalized spacial score (nSPS) is 11.8. The van der Waals surface area contributed by atoms with Gasteiger partial charge >= 0.3 is 0 Å². The Balaban J connectivity index is 2.29. The van der Waals surface area contributed by atoms with Crippen LogP contribution in [0.15, 0.2) is 18.2 Å². The maximum Gasteiger partial charge on any atom is 0.126 e. The van der Waals surface area contributed by atoms with Gasteiger partial charge in [0, 0.05) is 5.54 Å². The molecule has 0 saturated carbocycles. The van der Waals surface area contributed by atoms with Crippen molar-refractivity contribution >= 4 is 0 Å². The number of rotatable bonds is 6. The smallest absolute Gasteiger partial charge is 0.126 e. The molecule has 0 unspecified atom stereocenters. The van der Waals surface area contributed by atoms with Crippen LogP contribution in [0.25, 0.3) is 0 Å². The highest BCUT2D eigenvalue weighted by Gasteiger charge is 2.09. The van der Waals surface area contributed by atoms with Gasteiger partial charge in [-0.2, -0.15) is 0 Å². The Hall–Kier alpha value is -1.00. The molecule has 0 aliphatic rings. The highest BCUT2D eigenvalue weighted by atomic mass is 19.1. The molecule has 1 aromatic carbocycles. The predicted octanol–water partition coefficient (Wildman–Crippen LogP) is 2.22. The fourth-order valence-electron chi connectivity index (χ4n) is 1.49. The van der Waals surface area contributed by atoms with Gasteiger partial charge in [-0.25, -0.2) is 8.78 Å². The largest absolute Gasteiger partial charge is 0.326 e. The summed E-state index contributed by atoms with van der Waals surface area (Å²) in [5.74, 6) is -0.753. The van der Waals surface area contributed by atoms with Gasteiger partial charge in [-0.05, 0) is 63.5 Å². The van der Waals surface area contributed by atoms with Crippen molar-refractivity contribution in [2.75, 3.05) is 13.1 Å². The summed E-state index contributed by atoms with van der Waals surface area (Å²) in [6, 6.07) is 3.53. The van der Waals surface area contributed by atoms with Gasteiger partial charge in [0.15, 0.2) is 0 Å². The standard InChI is InChI=1S/C13H20F2N2/c1-13(2,16)6-8-17-7-5-10-9-11(14)3-4-12(10)15/h3-4,9,17H,5-8,16H2,1-2H3. The maximum absolute atomic E-state index is 13.3. The van der Waals surface area contributed by atoms with Gasteiger partial charge < -0.3 is 11.1 Å². The highest BCUT2D eigenvalue weighted by molar-refractivity contribution is 5.18. The Morgan fingerprint density at radius 1 is 1.24 bits per heavy atom. The summed E-state index contributed by atoms with van der Waals surface area (Å²) in [7, 11) is 0. The minimum atomic E-state index is -0.399. The molecule has 0 radical (unpaired) electrons. The maximum atomic E-state index is 13.3. The first-order chi connectivity index (χ1) is 7.88. The molecule has 1 rings (SSSR count). The zero-order chi connectivity index (χ0) is 12.9. The van der Waals surface area contributed by atoms with E-state index in [1.165, 1.54) is 6.07 Å². The first-order valence-electron chi connectivity index (χ1n) is 5.82. The fourth-order valence-corrected chi connectivity index (χ4v) is 1.49. The van der Waals surface area contributed by atoms with Crippen LogP contribution < -0.4 is 11.1 Å². The Kier molecular flexibility index (Phi) is 5.02. The van der Waals surface area contributed by atoms with E-state index in [0.29, 0.717) is 18.5 Å². The molecule has 0 atom stereocenters. The molecule has 1 aromatic rings. The monoisotopic (exact) mass is 242 g/mol. The second kappa shape index (κ2) is 6.07. The number of hydrogen-bond donors (Lipinski definition) is 2. The third-order valence-corrected chi connectivity index (χ3v) is 2.52. The van der Waals surface area contributed by atoms with Crippen LogP contribution in [-0.2, 0) is 6.42 Å². The SMILES string of the molecule is CC(C)(N)CCNCCc1cc(F)ccc1F. The molecule has 3 N–H and O–H groups in total. The Labute approximate surface area is 101 Å². The van der Waals surface area contributed by atoms with Crippen LogP contribution in [0.2, 0.25) is 0 Å². The first kappa shape index (κ1) is 14.1. The van der Waals surface area contributed by atoms with E-state index in [4.69, 9.17) is 5.73 Å². The van der Waals surface area contributed by atoms with E-state index in [1.807, 2.05) is 13.8 Å². The van der Waals surface area contributed by atoms with E-state index in [2.05, 4.69) is 5.32 Å². The lowest BCUT2D eigenvalue weighted by Crippen LogP contribution is -2.36. The zero-order valence-corrected chi connectivity index (χ0v) is 10.4. The minimum absolute atomic E-state index is 0.197. The van der Waals surface area contributed by atoms with Gasteiger partial charge in [-0.1, -0.05) is 0 Å². The summed E-state index contributed by atoms with van der Waals surface area (Å²) in [5, 5.41) is 3.17.